The van der Waals surface area contributed by atoms with Gasteiger partial charge in [-0.2, -0.15) is 5.10 Å². The van der Waals surface area contributed by atoms with Gasteiger partial charge in [-0.1, -0.05) is 77.8 Å². The average molecular weight is 492 g/mol. The highest BCUT2D eigenvalue weighted by Crippen LogP contribution is 2.27. The molecule has 0 atom stereocenters. The van der Waals surface area contributed by atoms with Gasteiger partial charge in [0.2, 0.25) is 0 Å². The van der Waals surface area contributed by atoms with Crippen molar-refractivity contribution in [3.05, 3.63) is 112 Å². The van der Waals surface area contributed by atoms with Crippen LogP contribution >= 0.6 is 23.2 Å². The third-order valence-corrected chi connectivity index (χ3v) is 5.89. The van der Waals surface area contributed by atoms with E-state index in [1.165, 1.54) is 0 Å². The summed E-state index contributed by atoms with van der Waals surface area (Å²) in [6.07, 6.45) is 1.63. The lowest BCUT2D eigenvalue weighted by molar-refractivity contribution is 0.0992. The SMILES string of the molecule is O=C(Nc1nn(Cc2ccccc2Cl)cc1Cl)c1ccc(COc2cccc3ccccc23)o1. The van der Waals surface area contributed by atoms with E-state index in [9.17, 15) is 4.79 Å². The number of carbonyl (C=O) groups is 1. The summed E-state index contributed by atoms with van der Waals surface area (Å²) < 4.78 is 13.2. The molecule has 2 heterocycles. The number of nitrogens with zero attached hydrogens (tertiary/aromatic N) is 2. The van der Waals surface area contributed by atoms with Crippen molar-refractivity contribution in [3.8, 4) is 5.75 Å². The normalized spacial score (nSPS) is 11.0. The van der Waals surface area contributed by atoms with Crippen LogP contribution in [0.5, 0.6) is 5.75 Å². The zero-order chi connectivity index (χ0) is 23.5. The fourth-order valence-electron chi connectivity index (χ4n) is 3.58. The van der Waals surface area contributed by atoms with Gasteiger partial charge in [-0.05, 0) is 35.2 Å². The summed E-state index contributed by atoms with van der Waals surface area (Å²) in [4.78, 5) is 12.7. The Balaban J connectivity index is 1.24. The van der Waals surface area contributed by atoms with E-state index in [0.717, 1.165) is 22.1 Å². The van der Waals surface area contributed by atoms with Crippen LogP contribution in [-0.4, -0.2) is 15.7 Å². The van der Waals surface area contributed by atoms with E-state index in [0.29, 0.717) is 22.4 Å². The van der Waals surface area contributed by atoms with Crippen molar-refractivity contribution in [2.45, 2.75) is 13.2 Å². The van der Waals surface area contributed by atoms with E-state index in [2.05, 4.69) is 10.4 Å². The first-order valence-electron chi connectivity index (χ1n) is 10.5. The highest BCUT2D eigenvalue weighted by Gasteiger charge is 2.16. The number of fused-ring (bicyclic) bond motifs is 1. The summed E-state index contributed by atoms with van der Waals surface area (Å²) in [6, 6.07) is 24.6. The molecule has 3 aromatic carbocycles. The minimum Gasteiger partial charge on any atom is -0.485 e. The second-order valence-electron chi connectivity index (χ2n) is 7.60. The van der Waals surface area contributed by atoms with E-state index in [4.69, 9.17) is 32.4 Å². The molecule has 1 N–H and O–H groups in total. The van der Waals surface area contributed by atoms with Crippen molar-refractivity contribution in [3.63, 3.8) is 0 Å². The quantitative estimate of drug-likeness (QED) is 0.271. The Hall–Kier alpha value is -3.74. The zero-order valence-corrected chi connectivity index (χ0v) is 19.4. The van der Waals surface area contributed by atoms with Crippen LogP contribution in [0.25, 0.3) is 10.8 Å². The maximum atomic E-state index is 12.7. The number of ether oxygens (including phenoxy) is 1. The lowest BCUT2D eigenvalue weighted by Gasteiger charge is -2.08. The molecule has 0 spiro atoms. The first-order valence-corrected chi connectivity index (χ1v) is 11.3. The first-order chi connectivity index (χ1) is 16.6. The van der Waals surface area contributed by atoms with Crippen molar-refractivity contribution in [1.29, 1.82) is 0 Å². The molecule has 0 aliphatic rings. The smallest absolute Gasteiger partial charge is 0.292 e. The van der Waals surface area contributed by atoms with Crippen LogP contribution in [0.2, 0.25) is 10.0 Å². The van der Waals surface area contributed by atoms with Gasteiger partial charge >= 0.3 is 0 Å². The summed E-state index contributed by atoms with van der Waals surface area (Å²) in [5, 5.41) is 10.1. The summed E-state index contributed by atoms with van der Waals surface area (Å²) in [7, 11) is 0. The molecule has 0 unspecified atom stereocenters. The van der Waals surface area contributed by atoms with Gasteiger partial charge in [-0.15, -0.1) is 0 Å². The van der Waals surface area contributed by atoms with E-state index in [-0.39, 0.29) is 18.2 Å². The molecule has 1 amide bonds. The predicted octanol–water partition coefficient (Wildman–Crippen LogP) is 6.82. The number of aromatic nitrogens is 2. The number of nitrogens with one attached hydrogen (secondary N) is 1. The van der Waals surface area contributed by atoms with Crippen molar-refractivity contribution in [2.24, 2.45) is 0 Å². The zero-order valence-electron chi connectivity index (χ0n) is 17.9. The summed E-state index contributed by atoms with van der Waals surface area (Å²) in [6.45, 7) is 0.611. The Morgan fingerprint density at radius 2 is 1.74 bits per heavy atom. The van der Waals surface area contributed by atoms with Crippen molar-refractivity contribution in [2.75, 3.05) is 5.32 Å². The molecule has 6 nitrogen and oxygen atoms in total. The number of carbonyl (C=O) groups excluding carboxylic acids is 1. The van der Waals surface area contributed by atoms with Gasteiger partial charge < -0.3 is 14.5 Å². The number of furan rings is 1. The third kappa shape index (κ3) is 4.78. The minimum absolute atomic E-state index is 0.133. The van der Waals surface area contributed by atoms with Crippen LogP contribution in [0.15, 0.2) is 89.5 Å². The molecule has 0 fully saturated rings. The molecule has 0 radical (unpaired) electrons. The summed E-state index contributed by atoms with van der Waals surface area (Å²) >= 11 is 12.5. The fourth-order valence-corrected chi connectivity index (χ4v) is 3.97. The van der Waals surface area contributed by atoms with Crippen molar-refractivity contribution >= 4 is 45.7 Å². The van der Waals surface area contributed by atoms with Crippen LogP contribution < -0.4 is 10.1 Å². The molecule has 0 aliphatic heterocycles. The number of hydrogen-bond donors (Lipinski definition) is 1. The molecule has 5 rings (SSSR count). The Bertz CT molecular complexity index is 1470. The fraction of sp³-hybridized carbons (Fsp3) is 0.0769. The maximum absolute atomic E-state index is 12.7. The van der Waals surface area contributed by atoms with Gasteiger partial charge in [-0.25, -0.2) is 0 Å². The Morgan fingerprint density at radius 3 is 2.62 bits per heavy atom. The molecule has 0 saturated heterocycles. The number of amides is 1. The van der Waals surface area contributed by atoms with E-state index in [1.807, 2.05) is 66.7 Å². The molecular weight excluding hydrogens is 473 g/mol. The topological polar surface area (TPSA) is 69.3 Å². The molecule has 5 aromatic rings. The van der Waals surface area contributed by atoms with Crippen LogP contribution in [0, 0.1) is 0 Å². The molecule has 2 aromatic heterocycles. The van der Waals surface area contributed by atoms with Gasteiger partial charge in [0.1, 0.15) is 23.1 Å². The molecule has 8 heteroatoms. The van der Waals surface area contributed by atoms with E-state index < -0.39 is 5.91 Å². The first kappa shape index (κ1) is 22.1. The number of benzene rings is 3. The predicted molar refractivity (Wildman–Crippen MR) is 133 cm³/mol. The highest BCUT2D eigenvalue weighted by atomic mass is 35.5. The highest BCUT2D eigenvalue weighted by molar-refractivity contribution is 6.33. The largest absolute Gasteiger partial charge is 0.485 e. The van der Waals surface area contributed by atoms with E-state index >= 15 is 0 Å². The van der Waals surface area contributed by atoms with Gasteiger partial charge in [0.15, 0.2) is 11.6 Å². The monoisotopic (exact) mass is 491 g/mol. The van der Waals surface area contributed by atoms with Crippen molar-refractivity contribution in [1.82, 2.24) is 9.78 Å². The molecule has 0 saturated carbocycles. The van der Waals surface area contributed by atoms with Gasteiger partial charge in [0, 0.05) is 16.6 Å². The lowest BCUT2D eigenvalue weighted by atomic mass is 10.1. The number of hydrogen-bond acceptors (Lipinski definition) is 4. The summed E-state index contributed by atoms with van der Waals surface area (Å²) in [5.41, 5.74) is 0.892. The average Bonchev–Trinajstić information content (AvgIpc) is 3.46. The summed E-state index contributed by atoms with van der Waals surface area (Å²) in [5.74, 6) is 1.18. The molecule has 170 valence electrons. The second kappa shape index (κ2) is 9.63. The van der Waals surface area contributed by atoms with Crippen molar-refractivity contribution < 1.29 is 13.9 Å². The minimum atomic E-state index is -0.457. The van der Waals surface area contributed by atoms with E-state index in [1.54, 1.807) is 23.0 Å². The third-order valence-electron chi connectivity index (χ3n) is 5.24. The Labute approximate surface area is 205 Å². The number of halogens is 2. The second-order valence-corrected chi connectivity index (χ2v) is 8.42. The molecule has 0 bridgehead atoms. The van der Waals surface area contributed by atoms with Crippen LogP contribution in [0.3, 0.4) is 0 Å². The number of anilines is 1. The van der Waals surface area contributed by atoms with Gasteiger partial charge in [-0.3, -0.25) is 9.48 Å². The number of rotatable bonds is 7. The van der Waals surface area contributed by atoms with Gasteiger partial charge in [0.05, 0.1) is 6.54 Å². The maximum Gasteiger partial charge on any atom is 0.292 e. The van der Waals surface area contributed by atoms with Crippen LogP contribution in [0.1, 0.15) is 21.9 Å². The molecule has 0 aliphatic carbocycles. The standard InChI is InChI=1S/C26H19Cl2N3O3/c27-21-10-4-2-7-18(21)14-31-15-22(28)25(30-31)29-26(32)24-13-12-19(34-24)16-33-23-11-5-8-17-6-1-3-9-20(17)23/h1-13,15H,14,16H2,(H,29,30,32). The Kier molecular flexibility index (Phi) is 6.25. The molecule has 34 heavy (non-hydrogen) atoms. The van der Waals surface area contributed by atoms with Crippen LogP contribution in [-0.2, 0) is 13.2 Å². The molecular formula is C26H19Cl2N3O3. The van der Waals surface area contributed by atoms with Gasteiger partial charge in [0.25, 0.3) is 5.91 Å². The van der Waals surface area contributed by atoms with Crippen LogP contribution in [0.4, 0.5) is 5.82 Å². The Morgan fingerprint density at radius 1 is 0.941 bits per heavy atom. The lowest BCUT2D eigenvalue weighted by Crippen LogP contribution is -2.12.